The second kappa shape index (κ2) is 33.0. The molecule has 0 fully saturated rings. The van der Waals surface area contributed by atoms with Crippen LogP contribution in [0.1, 0.15) is 246 Å². The summed E-state index contributed by atoms with van der Waals surface area (Å²) in [5.41, 5.74) is 29.5. The van der Waals surface area contributed by atoms with Crippen molar-refractivity contribution in [1.82, 2.24) is 0 Å². The van der Waals surface area contributed by atoms with Crippen LogP contribution in [0.2, 0.25) is 0 Å². The van der Waals surface area contributed by atoms with Crippen molar-refractivity contribution in [2.24, 2.45) is 0 Å². The second-order valence-corrected chi connectivity index (χ2v) is 30.5. The van der Waals surface area contributed by atoms with Crippen molar-refractivity contribution in [3.8, 4) is 0 Å². The summed E-state index contributed by atoms with van der Waals surface area (Å²) in [6.07, 6.45) is 0. The number of thiophene rings is 1. The number of para-hydroxylation sites is 2. The van der Waals surface area contributed by atoms with Gasteiger partial charge in [0.1, 0.15) is 11.2 Å². The largest absolute Gasteiger partial charge is 0.456 e. The molecule has 484 valence electrons. The Labute approximate surface area is 558 Å². The fourth-order valence-electron chi connectivity index (χ4n) is 12.0. The number of hydrogen-bond acceptors (Lipinski definition) is 2. The summed E-state index contributed by atoms with van der Waals surface area (Å²) in [5.74, 6) is 3.13. The fraction of sp³-hybridized carbons (Fsp3) is 0.393. The highest BCUT2D eigenvalue weighted by molar-refractivity contribution is 7.26. The zero-order valence-electron chi connectivity index (χ0n) is 61.8. The third-order valence-electron chi connectivity index (χ3n) is 17.7. The van der Waals surface area contributed by atoms with Gasteiger partial charge in [0.15, 0.2) is 0 Å². The number of aryl methyl sites for hydroxylation is 9. The van der Waals surface area contributed by atoms with E-state index in [2.05, 4.69) is 339 Å². The maximum Gasteiger partial charge on any atom is 0.138 e. The van der Waals surface area contributed by atoms with Crippen LogP contribution >= 0.6 is 11.3 Å². The topological polar surface area (TPSA) is 13.1 Å². The van der Waals surface area contributed by atoms with Crippen LogP contribution in [-0.2, 0) is 10.8 Å². The maximum atomic E-state index is 5.78. The summed E-state index contributed by atoms with van der Waals surface area (Å²) in [4.78, 5) is 0. The van der Waals surface area contributed by atoms with E-state index in [-0.39, 0.29) is 10.8 Å². The van der Waals surface area contributed by atoms with Crippen LogP contribution in [-0.4, -0.2) is 0 Å². The van der Waals surface area contributed by atoms with E-state index in [0.29, 0.717) is 29.6 Å². The first-order valence-corrected chi connectivity index (χ1v) is 34.5. The van der Waals surface area contributed by atoms with E-state index in [4.69, 9.17) is 4.42 Å². The SMILES string of the molecule is Cc1c(C(C)C)cc(C(C)C)cc1C(C)C.Cc1cc(C(C)C)c(C)c(C(C)C)c1.Cc1cc(C)c(C)c(C)c1.Cc1ccc(C(C)(C)C)cc1C(C)(C)C.Cc1ccc(C)cc1.Cc1cccc2c1oc1ccccc12.Cc1cccc2c1sc1ccccc12. The van der Waals surface area contributed by atoms with Gasteiger partial charge in [-0.15, -0.1) is 11.3 Å². The first kappa shape index (κ1) is 74.7. The van der Waals surface area contributed by atoms with Gasteiger partial charge in [-0.3, -0.25) is 0 Å². The van der Waals surface area contributed by atoms with E-state index in [1.165, 1.54) is 137 Å². The molecule has 11 rings (SSSR count). The number of fused-ring (bicyclic) bond motifs is 6. The Hall–Kier alpha value is -7.00. The van der Waals surface area contributed by atoms with Gasteiger partial charge in [-0.1, -0.05) is 285 Å². The molecule has 0 saturated heterocycles. The van der Waals surface area contributed by atoms with Crippen molar-refractivity contribution in [1.29, 1.82) is 0 Å². The number of benzene rings is 9. The third kappa shape index (κ3) is 20.8. The number of furan rings is 1. The average molecular weight is 1230 g/mol. The summed E-state index contributed by atoms with van der Waals surface area (Å²) in [5, 5.41) is 5.19. The van der Waals surface area contributed by atoms with E-state index in [9.17, 15) is 0 Å². The van der Waals surface area contributed by atoms with Gasteiger partial charge >= 0.3 is 0 Å². The van der Waals surface area contributed by atoms with Crippen molar-refractivity contribution in [3.63, 3.8) is 0 Å². The average Bonchev–Trinajstić information content (AvgIpc) is 1.74. The molecule has 0 N–H and O–H groups in total. The Morgan fingerprint density at radius 3 is 1.22 bits per heavy atom. The molecule has 11 aromatic rings. The number of hydrogen-bond donors (Lipinski definition) is 0. The summed E-state index contributed by atoms with van der Waals surface area (Å²) < 4.78 is 8.59. The molecule has 2 heterocycles. The van der Waals surface area contributed by atoms with Crippen molar-refractivity contribution in [2.75, 3.05) is 0 Å². The lowest BCUT2D eigenvalue weighted by molar-refractivity contribution is 0.566. The van der Waals surface area contributed by atoms with Gasteiger partial charge in [-0.25, -0.2) is 0 Å². The van der Waals surface area contributed by atoms with Gasteiger partial charge in [0, 0.05) is 30.9 Å². The monoisotopic (exact) mass is 1230 g/mol. The fourth-order valence-corrected chi connectivity index (χ4v) is 13.2. The van der Waals surface area contributed by atoms with Crippen LogP contribution in [0, 0.1) is 83.1 Å². The molecule has 9 aromatic carbocycles. The Balaban J connectivity index is 0.000000194. The Kier molecular flexibility index (Phi) is 27.1. The van der Waals surface area contributed by atoms with Gasteiger partial charge in [-0.2, -0.15) is 0 Å². The predicted molar refractivity (Wildman–Crippen MR) is 410 cm³/mol. The van der Waals surface area contributed by atoms with Crippen LogP contribution in [0.5, 0.6) is 0 Å². The molecule has 0 spiro atoms. The molecule has 0 aliphatic heterocycles. The highest BCUT2D eigenvalue weighted by atomic mass is 32.1. The van der Waals surface area contributed by atoms with Crippen LogP contribution in [0.3, 0.4) is 0 Å². The highest BCUT2D eigenvalue weighted by Gasteiger charge is 2.21. The lowest BCUT2D eigenvalue weighted by Crippen LogP contribution is -2.17. The Bertz CT molecular complexity index is 3900. The highest BCUT2D eigenvalue weighted by Crippen LogP contribution is 2.37. The lowest BCUT2D eigenvalue weighted by Gasteiger charge is -2.26. The zero-order valence-corrected chi connectivity index (χ0v) is 62.6. The summed E-state index contributed by atoms with van der Waals surface area (Å²) in [6, 6.07) is 58.8. The molecule has 0 radical (unpaired) electrons. The number of rotatable bonds is 5. The molecule has 91 heavy (non-hydrogen) atoms. The molecular weight excluding hydrogens is 1120 g/mol. The zero-order chi connectivity index (χ0) is 68.0. The molecule has 0 amide bonds. The quantitative estimate of drug-likeness (QED) is 0.167. The minimum atomic E-state index is 0.241. The minimum Gasteiger partial charge on any atom is -0.456 e. The van der Waals surface area contributed by atoms with Crippen molar-refractivity contribution in [3.05, 3.63) is 269 Å². The molecule has 0 saturated carbocycles. The van der Waals surface area contributed by atoms with Crippen molar-refractivity contribution >= 4 is 53.4 Å². The van der Waals surface area contributed by atoms with Crippen LogP contribution in [0.25, 0.3) is 42.1 Å². The van der Waals surface area contributed by atoms with E-state index in [1.54, 1.807) is 0 Å². The van der Waals surface area contributed by atoms with Crippen LogP contribution in [0.4, 0.5) is 0 Å². The molecule has 0 bridgehead atoms. The Morgan fingerprint density at radius 1 is 0.319 bits per heavy atom. The van der Waals surface area contributed by atoms with Gasteiger partial charge in [0.05, 0.1) is 0 Å². The standard InChI is InChI=1S/C16H26.C15H24.C14H22.C13H10O.C13H10S.C10H14.C8H10/c1-10(2)14-8-15(11(3)4)13(7)16(9-14)12(5)6;1-11-8-9-12(14(2,3)4)10-13(11)15(5,6)7;1-9(2)13-7-11(5)8-14(10(3)4)12(13)6;2*1-9-5-4-7-11-10-6-2-3-8-12(10)14-13(9)11;1-7-5-8(2)10(4)9(3)6-7;1-7-3-5-8(2)6-4-7/h8-12H,1-7H3;8-10H,1-7H3;7-10H,1-6H3;2*2-8H,1H3;5-6H,1-4H3;3-6H,1-2H3. The van der Waals surface area contributed by atoms with Crippen LogP contribution < -0.4 is 0 Å². The maximum absolute atomic E-state index is 5.78. The predicted octanol–water partition coefficient (Wildman–Crippen LogP) is 28.0. The Morgan fingerprint density at radius 2 is 0.747 bits per heavy atom. The first-order chi connectivity index (χ1) is 42.5. The van der Waals surface area contributed by atoms with Gasteiger partial charge in [0.2, 0.25) is 0 Å². The van der Waals surface area contributed by atoms with E-state index >= 15 is 0 Å². The molecule has 2 heteroatoms. The molecule has 2 aromatic heterocycles. The summed E-state index contributed by atoms with van der Waals surface area (Å²) in [7, 11) is 0. The first-order valence-electron chi connectivity index (χ1n) is 33.7. The lowest BCUT2D eigenvalue weighted by atomic mass is 9.79. The molecule has 0 unspecified atom stereocenters. The van der Waals surface area contributed by atoms with E-state index in [0.717, 1.165) is 11.2 Å². The molecular formula is C89H116OS. The second-order valence-electron chi connectivity index (χ2n) is 29.5. The van der Waals surface area contributed by atoms with Gasteiger partial charge in [-0.05, 0) is 219 Å². The minimum absolute atomic E-state index is 0.241. The summed E-state index contributed by atoms with van der Waals surface area (Å²) in [6.45, 7) is 62.4. The van der Waals surface area contributed by atoms with E-state index < -0.39 is 0 Å². The smallest absolute Gasteiger partial charge is 0.138 e. The van der Waals surface area contributed by atoms with Crippen LogP contribution in [0.15, 0.2) is 168 Å². The molecule has 1 nitrogen and oxygen atoms in total. The molecule has 0 atom stereocenters. The normalized spacial score (nSPS) is 11.4. The molecule has 0 aliphatic carbocycles. The summed E-state index contributed by atoms with van der Waals surface area (Å²) >= 11 is 1.89. The molecule has 0 aliphatic rings. The van der Waals surface area contributed by atoms with Crippen molar-refractivity contribution < 1.29 is 4.42 Å². The van der Waals surface area contributed by atoms with Crippen molar-refractivity contribution in [2.45, 2.75) is 234 Å². The van der Waals surface area contributed by atoms with E-state index in [1.807, 2.05) is 29.5 Å². The third-order valence-corrected chi connectivity index (χ3v) is 19.0. The van der Waals surface area contributed by atoms with Gasteiger partial charge in [0.25, 0.3) is 0 Å². The van der Waals surface area contributed by atoms with Gasteiger partial charge < -0.3 is 4.42 Å².